The van der Waals surface area contributed by atoms with E-state index in [9.17, 15) is 16.7 Å². The Morgan fingerprint density at radius 1 is 1.43 bits per heavy atom. The second kappa shape index (κ2) is 3.82. The smallest absolute Gasteiger partial charge is 0.338 e. The average Bonchev–Trinajstić information content (AvgIpc) is 2.07. The zero-order valence-corrected chi connectivity index (χ0v) is 9.32. The number of methoxy groups -OCH3 is 1. The van der Waals surface area contributed by atoms with Crippen molar-refractivity contribution in [3.63, 3.8) is 0 Å². The third-order valence-corrected chi connectivity index (χ3v) is 2.96. The van der Waals surface area contributed by atoms with E-state index in [1.54, 1.807) is 0 Å². The first-order valence-corrected chi connectivity index (χ1v) is 5.52. The number of hydrogen-bond donors (Lipinski definition) is 0. The fourth-order valence-electron chi connectivity index (χ4n) is 0.902. The van der Waals surface area contributed by atoms with Crippen LogP contribution in [-0.4, -0.2) is 15.5 Å². The largest absolute Gasteiger partial charge is 0.495 e. The van der Waals surface area contributed by atoms with Crippen LogP contribution in [-0.2, 0) is 10.2 Å². The number of hydrogen-bond acceptors (Lipinski definition) is 3. The molecule has 0 aliphatic carbocycles. The van der Waals surface area contributed by atoms with Gasteiger partial charge in [-0.3, -0.25) is 0 Å². The van der Waals surface area contributed by atoms with Gasteiger partial charge in [-0.05, 0) is 28.1 Å². The minimum Gasteiger partial charge on any atom is -0.495 e. The van der Waals surface area contributed by atoms with Gasteiger partial charge in [-0.25, -0.2) is 4.39 Å². The van der Waals surface area contributed by atoms with Crippen LogP contribution < -0.4 is 4.74 Å². The van der Waals surface area contributed by atoms with Gasteiger partial charge in [-0.1, -0.05) is 0 Å². The lowest BCUT2D eigenvalue weighted by Crippen LogP contribution is -2.01. The molecule has 0 spiro atoms. The van der Waals surface area contributed by atoms with E-state index in [-0.39, 0.29) is 10.2 Å². The van der Waals surface area contributed by atoms with E-state index in [0.717, 1.165) is 13.2 Å². The maximum atomic E-state index is 13.2. The minimum absolute atomic E-state index is 0.144. The maximum absolute atomic E-state index is 13.2. The van der Waals surface area contributed by atoms with Gasteiger partial charge in [0.1, 0.15) is 5.75 Å². The van der Waals surface area contributed by atoms with Crippen molar-refractivity contribution in [2.24, 2.45) is 0 Å². The van der Waals surface area contributed by atoms with Gasteiger partial charge in [-0.2, -0.15) is 8.42 Å². The molecule has 0 unspecified atom stereocenters. The van der Waals surface area contributed by atoms with Crippen LogP contribution in [0.4, 0.5) is 8.28 Å². The molecule has 0 aromatic heterocycles. The Morgan fingerprint density at radius 3 is 2.43 bits per heavy atom. The fourth-order valence-corrected chi connectivity index (χ4v) is 2.08. The second-order valence-electron chi connectivity index (χ2n) is 2.33. The van der Waals surface area contributed by atoms with E-state index < -0.39 is 20.9 Å². The first kappa shape index (κ1) is 11.4. The van der Waals surface area contributed by atoms with E-state index in [4.69, 9.17) is 0 Å². The van der Waals surface area contributed by atoms with Gasteiger partial charge in [0.25, 0.3) is 0 Å². The van der Waals surface area contributed by atoms with E-state index >= 15 is 0 Å². The molecule has 0 radical (unpaired) electrons. The normalized spacial score (nSPS) is 11.4. The van der Waals surface area contributed by atoms with Gasteiger partial charge in [0, 0.05) is 0 Å². The zero-order valence-electron chi connectivity index (χ0n) is 6.92. The SMILES string of the molecule is COc1ccc(Br)c(F)c1S(=O)(=O)F. The van der Waals surface area contributed by atoms with Gasteiger partial charge in [-0.15, -0.1) is 3.89 Å². The summed E-state index contributed by atoms with van der Waals surface area (Å²) >= 11 is 2.74. The standard InChI is InChI=1S/C7H5BrF2O3S/c1-13-5-3-2-4(8)6(9)7(5)14(10,11)12/h2-3H,1H3. The molecule has 1 rings (SSSR count). The van der Waals surface area contributed by atoms with E-state index in [1.807, 2.05) is 0 Å². The van der Waals surface area contributed by atoms with Crippen LogP contribution in [0.1, 0.15) is 0 Å². The summed E-state index contributed by atoms with van der Waals surface area (Å²) < 4.78 is 51.4. The van der Waals surface area contributed by atoms with Crippen LogP contribution >= 0.6 is 15.9 Å². The highest BCUT2D eigenvalue weighted by Crippen LogP contribution is 2.32. The maximum Gasteiger partial charge on any atom is 0.338 e. The number of halogens is 3. The lowest BCUT2D eigenvalue weighted by Gasteiger charge is -2.06. The van der Waals surface area contributed by atoms with Crippen LogP contribution in [0.2, 0.25) is 0 Å². The third-order valence-electron chi connectivity index (χ3n) is 1.48. The molecule has 0 saturated carbocycles. The molecule has 0 amide bonds. The molecule has 0 aliphatic rings. The molecule has 0 saturated heterocycles. The summed E-state index contributed by atoms with van der Waals surface area (Å²) in [6, 6.07) is 2.38. The Bertz CT molecular complexity index is 458. The highest BCUT2D eigenvalue weighted by atomic mass is 79.9. The molecular weight excluding hydrogens is 282 g/mol. The summed E-state index contributed by atoms with van der Waals surface area (Å²) in [7, 11) is -4.01. The van der Waals surface area contributed by atoms with Crippen LogP contribution in [0.25, 0.3) is 0 Å². The molecule has 7 heteroatoms. The molecule has 1 aromatic carbocycles. The minimum atomic E-state index is -5.13. The van der Waals surface area contributed by atoms with Crippen molar-refractivity contribution >= 4 is 26.2 Å². The van der Waals surface area contributed by atoms with Gasteiger partial charge < -0.3 is 4.74 Å². The number of ether oxygens (including phenoxy) is 1. The summed E-state index contributed by atoms with van der Waals surface area (Å²) in [6.07, 6.45) is 0. The molecule has 1 aromatic rings. The molecule has 3 nitrogen and oxygen atoms in total. The third kappa shape index (κ3) is 2.03. The number of benzene rings is 1. The van der Waals surface area contributed by atoms with E-state index in [2.05, 4.69) is 20.7 Å². The topological polar surface area (TPSA) is 43.4 Å². The van der Waals surface area contributed by atoms with Gasteiger partial charge in [0.05, 0.1) is 11.6 Å². The average molecular weight is 287 g/mol. The molecule has 0 fully saturated rings. The zero-order chi connectivity index (χ0) is 10.9. The van der Waals surface area contributed by atoms with Crippen molar-refractivity contribution in [2.75, 3.05) is 7.11 Å². The molecule has 0 heterocycles. The summed E-state index contributed by atoms with van der Waals surface area (Å²) in [4.78, 5) is -1.09. The predicted molar refractivity (Wildman–Crippen MR) is 48.9 cm³/mol. The van der Waals surface area contributed by atoms with E-state index in [0.29, 0.717) is 0 Å². The molecule has 14 heavy (non-hydrogen) atoms. The Kier molecular flexibility index (Phi) is 3.10. The van der Waals surface area contributed by atoms with Crippen molar-refractivity contribution in [3.8, 4) is 5.75 Å². The van der Waals surface area contributed by atoms with Crippen molar-refractivity contribution in [1.82, 2.24) is 0 Å². The number of rotatable bonds is 2. The van der Waals surface area contributed by atoms with Gasteiger partial charge in [0.2, 0.25) is 0 Å². The van der Waals surface area contributed by atoms with Crippen molar-refractivity contribution in [2.45, 2.75) is 4.90 Å². The molecule has 0 N–H and O–H groups in total. The summed E-state index contributed by atoms with van der Waals surface area (Å²) in [6.45, 7) is 0. The monoisotopic (exact) mass is 286 g/mol. The molecule has 0 bridgehead atoms. The quantitative estimate of drug-likeness (QED) is 0.784. The Morgan fingerprint density at radius 2 is 2.00 bits per heavy atom. The summed E-state index contributed by atoms with van der Waals surface area (Å²) in [5, 5.41) is 0. The lowest BCUT2D eigenvalue weighted by atomic mass is 10.3. The van der Waals surface area contributed by atoms with Gasteiger partial charge >= 0.3 is 10.2 Å². The summed E-state index contributed by atoms with van der Waals surface area (Å²) in [5.41, 5.74) is 0. The van der Waals surface area contributed by atoms with Crippen molar-refractivity contribution in [1.29, 1.82) is 0 Å². The predicted octanol–water partition coefficient (Wildman–Crippen LogP) is 2.26. The molecule has 0 atom stereocenters. The van der Waals surface area contributed by atoms with Crippen LogP contribution in [0.15, 0.2) is 21.5 Å². The lowest BCUT2D eigenvalue weighted by molar-refractivity contribution is 0.392. The molecule has 78 valence electrons. The van der Waals surface area contributed by atoms with Crippen molar-refractivity contribution < 1.29 is 21.4 Å². The van der Waals surface area contributed by atoms with Crippen LogP contribution in [0, 0.1) is 5.82 Å². The van der Waals surface area contributed by atoms with Crippen LogP contribution in [0.5, 0.6) is 5.75 Å². The van der Waals surface area contributed by atoms with E-state index in [1.165, 1.54) is 6.07 Å². The Balaban J connectivity index is 3.60. The van der Waals surface area contributed by atoms with Crippen LogP contribution in [0.3, 0.4) is 0 Å². The first-order chi connectivity index (χ1) is 6.38. The van der Waals surface area contributed by atoms with Crippen molar-refractivity contribution in [3.05, 3.63) is 22.4 Å². The first-order valence-electron chi connectivity index (χ1n) is 3.34. The second-order valence-corrected chi connectivity index (χ2v) is 4.47. The van der Waals surface area contributed by atoms with Gasteiger partial charge in [0.15, 0.2) is 10.7 Å². The molecule has 0 aliphatic heterocycles. The summed E-state index contributed by atoms with van der Waals surface area (Å²) in [5.74, 6) is -1.57. The Labute approximate surface area is 88.0 Å². The Hall–Kier alpha value is -0.690. The molecular formula is C7H5BrF2O3S. The fraction of sp³-hybridized carbons (Fsp3) is 0.143. The highest BCUT2D eigenvalue weighted by Gasteiger charge is 2.25. The highest BCUT2D eigenvalue weighted by molar-refractivity contribution is 9.10.